The number of halogens is 1. The zero-order valence-electron chi connectivity index (χ0n) is 15.8. The van der Waals surface area contributed by atoms with Gasteiger partial charge < -0.3 is 0 Å². The van der Waals surface area contributed by atoms with E-state index >= 15 is 0 Å². The predicted octanol–water partition coefficient (Wildman–Crippen LogP) is 4.56. The van der Waals surface area contributed by atoms with Crippen LogP contribution in [0.15, 0.2) is 48.5 Å². The van der Waals surface area contributed by atoms with Crippen molar-refractivity contribution in [3.8, 4) is 17.2 Å². The highest BCUT2D eigenvalue weighted by molar-refractivity contribution is 7.10. The first kappa shape index (κ1) is 19.2. The highest BCUT2D eigenvalue weighted by Crippen LogP contribution is 2.24. The average molecular weight is 425 g/mol. The number of aryl methyl sites for hydroxylation is 1. The molecule has 0 saturated heterocycles. The molecule has 29 heavy (non-hydrogen) atoms. The smallest absolute Gasteiger partial charge is 0.257 e. The molecule has 1 N–H and O–H groups in total. The van der Waals surface area contributed by atoms with Gasteiger partial charge in [0.1, 0.15) is 0 Å². The van der Waals surface area contributed by atoms with E-state index in [0.717, 1.165) is 29.3 Å². The second-order valence-electron chi connectivity index (χ2n) is 6.34. The van der Waals surface area contributed by atoms with Crippen LogP contribution in [0.4, 0.5) is 5.13 Å². The van der Waals surface area contributed by atoms with Crippen molar-refractivity contribution in [2.75, 3.05) is 5.32 Å². The average Bonchev–Trinajstić information content (AvgIpc) is 3.35. The number of anilines is 1. The van der Waals surface area contributed by atoms with Crippen LogP contribution in [0, 0.1) is 6.92 Å². The fraction of sp³-hybridized carbons (Fsp3) is 0.150. The van der Waals surface area contributed by atoms with E-state index in [0.29, 0.717) is 27.2 Å². The van der Waals surface area contributed by atoms with E-state index in [1.165, 1.54) is 5.56 Å². The third-order valence-corrected chi connectivity index (χ3v) is 5.33. The molecule has 7 nitrogen and oxygen atoms in total. The Morgan fingerprint density at radius 2 is 1.86 bits per heavy atom. The molecule has 0 bridgehead atoms. The number of nitrogens with zero attached hydrogens (tertiary/aromatic N) is 5. The molecule has 0 aliphatic heterocycles. The van der Waals surface area contributed by atoms with Gasteiger partial charge in [0.2, 0.25) is 5.13 Å². The summed E-state index contributed by atoms with van der Waals surface area (Å²) in [5.41, 5.74) is 4.07. The zero-order chi connectivity index (χ0) is 20.4. The standard InChI is InChI=1S/C20H17ClN6OS/c1-3-13-4-10-16(11-5-13)27-12(2)17(24-26-27)18-22-20(29-25-18)23-19(28)14-6-8-15(21)9-7-14/h4-11H,3H2,1-2H3,(H,22,23,25,28). The Morgan fingerprint density at radius 3 is 2.55 bits per heavy atom. The fourth-order valence-corrected chi connectivity index (χ4v) is 3.49. The van der Waals surface area contributed by atoms with Crippen molar-refractivity contribution in [3.63, 3.8) is 0 Å². The van der Waals surface area contributed by atoms with Crippen molar-refractivity contribution < 1.29 is 4.79 Å². The van der Waals surface area contributed by atoms with Crippen LogP contribution in [0.25, 0.3) is 17.2 Å². The van der Waals surface area contributed by atoms with Gasteiger partial charge in [0, 0.05) is 22.1 Å². The zero-order valence-corrected chi connectivity index (χ0v) is 17.3. The third kappa shape index (κ3) is 4.03. The molecule has 0 fully saturated rings. The lowest BCUT2D eigenvalue weighted by Gasteiger charge is -2.04. The molecule has 2 heterocycles. The summed E-state index contributed by atoms with van der Waals surface area (Å²) in [6, 6.07) is 14.8. The summed E-state index contributed by atoms with van der Waals surface area (Å²) >= 11 is 6.95. The minimum Gasteiger partial charge on any atom is -0.297 e. The van der Waals surface area contributed by atoms with Crippen LogP contribution in [0.1, 0.15) is 28.5 Å². The number of carbonyl (C=O) groups is 1. The van der Waals surface area contributed by atoms with E-state index in [4.69, 9.17) is 11.6 Å². The van der Waals surface area contributed by atoms with Crippen LogP contribution < -0.4 is 5.32 Å². The van der Waals surface area contributed by atoms with E-state index in [2.05, 4.69) is 44.0 Å². The Morgan fingerprint density at radius 1 is 1.14 bits per heavy atom. The van der Waals surface area contributed by atoms with Gasteiger partial charge in [-0.05, 0) is 55.3 Å². The quantitative estimate of drug-likeness (QED) is 0.507. The van der Waals surface area contributed by atoms with E-state index in [9.17, 15) is 4.79 Å². The van der Waals surface area contributed by atoms with Gasteiger partial charge >= 0.3 is 0 Å². The third-order valence-electron chi connectivity index (χ3n) is 4.45. The van der Waals surface area contributed by atoms with Crippen molar-refractivity contribution >= 4 is 34.2 Å². The van der Waals surface area contributed by atoms with Gasteiger partial charge in [-0.25, -0.2) is 4.68 Å². The summed E-state index contributed by atoms with van der Waals surface area (Å²) in [7, 11) is 0. The molecule has 0 aliphatic carbocycles. The van der Waals surface area contributed by atoms with E-state index < -0.39 is 0 Å². The Hall–Kier alpha value is -3.10. The molecule has 146 valence electrons. The van der Waals surface area contributed by atoms with Gasteiger partial charge in [-0.2, -0.15) is 9.36 Å². The maximum atomic E-state index is 12.3. The van der Waals surface area contributed by atoms with Gasteiger partial charge in [0.05, 0.1) is 11.4 Å². The normalized spacial score (nSPS) is 10.9. The van der Waals surface area contributed by atoms with Crippen LogP contribution in [0.5, 0.6) is 0 Å². The molecule has 2 aromatic heterocycles. The number of amides is 1. The van der Waals surface area contributed by atoms with Crippen molar-refractivity contribution in [2.45, 2.75) is 20.3 Å². The lowest BCUT2D eigenvalue weighted by Crippen LogP contribution is -2.11. The molecule has 4 aromatic rings. The molecule has 0 saturated carbocycles. The van der Waals surface area contributed by atoms with Gasteiger partial charge in [-0.1, -0.05) is 35.9 Å². The second-order valence-corrected chi connectivity index (χ2v) is 7.53. The fourth-order valence-electron chi connectivity index (χ4n) is 2.79. The summed E-state index contributed by atoms with van der Waals surface area (Å²) < 4.78 is 6.07. The second kappa shape index (κ2) is 8.10. The van der Waals surface area contributed by atoms with Crippen LogP contribution in [-0.2, 0) is 6.42 Å². The van der Waals surface area contributed by atoms with E-state index in [1.54, 1.807) is 28.9 Å². The summed E-state index contributed by atoms with van der Waals surface area (Å²) in [5, 5.41) is 12.2. The summed E-state index contributed by atoms with van der Waals surface area (Å²) in [6.45, 7) is 4.03. The van der Waals surface area contributed by atoms with Gasteiger partial charge in [0.25, 0.3) is 5.91 Å². The maximum Gasteiger partial charge on any atom is 0.257 e. The number of rotatable bonds is 5. The number of aromatic nitrogens is 5. The molecule has 0 unspecified atom stereocenters. The van der Waals surface area contributed by atoms with Gasteiger partial charge in [0.15, 0.2) is 11.5 Å². The van der Waals surface area contributed by atoms with Crippen molar-refractivity contribution in [1.29, 1.82) is 0 Å². The summed E-state index contributed by atoms with van der Waals surface area (Å²) in [4.78, 5) is 16.7. The Bertz CT molecular complexity index is 1150. The first-order valence-corrected chi connectivity index (χ1v) is 10.1. The molecule has 2 aromatic carbocycles. The number of hydrogen-bond acceptors (Lipinski definition) is 6. The number of nitrogens with one attached hydrogen (secondary N) is 1. The minimum atomic E-state index is -0.277. The van der Waals surface area contributed by atoms with Gasteiger partial charge in [-0.15, -0.1) is 5.10 Å². The molecular weight excluding hydrogens is 408 g/mol. The first-order valence-electron chi connectivity index (χ1n) is 8.97. The van der Waals surface area contributed by atoms with Crippen LogP contribution in [-0.4, -0.2) is 30.3 Å². The number of hydrogen-bond donors (Lipinski definition) is 1. The monoisotopic (exact) mass is 424 g/mol. The Balaban J connectivity index is 1.54. The Labute approximate surface area is 176 Å². The molecule has 0 radical (unpaired) electrons. The predicted molar refractivity (Wildman–Crippen MR) is 114 cm³/mol. The largest absolute Gasteiger partial charge is 0.297 e. The minimum absolute atomic E-state index is 0.277. The topological polar surface area (TPSA) is 85.6 Å². The molecular formula is C20H17ClN6OS. The lowest BCUT2D eigenvalue weighted by atomic mass is 10.1. The van der Waals surface area contributed by atoms with Crippen molar-refractivity contribution in [2.24, 2.45) is 0 Å². The lowest BCUT2D eigenvalue weighted by molar-refractivity contribution is 0.102. The number of benzene rings is 2. The highest BCUT2D eigenvalue weighted by Gasteiger charge is 2.18. The molecule has 9 heteroatoms. The van der Waals surface area contributed by atoms with Crippen LogP contribution in [0.2, 0.25) is 5.02 Å². The summed E-state index contributed by atoms with van der Waals surface area (Å²) in [6.07, 6.45) is 0.981. The van der Waals surface area contributed by atoms with Crippen molar-refractivity contribution in [1.82, 2.24) is 24.4 Å². The van der Waals surface area contributed by atoms with E-state index in [1.807, 2.05) is 19.1 Å². The molecule has 4 rings (SSSR count). The van der Waals surface area contributed by atoms with Gasteiger partial charge in [-0.3, -0.25) is 10.1 Å². The molecule has 0 spiro atoms. The molecule has 0 aliphatic rings. The molecule has 0 atom stereocenters. The van der Waals surface area contributed by atoms with Crippen LogP contribution in [0.3, 0.4) is 0 Å². The summed E-state index contributed by atoms with van der Waals surface area (Å²) in [5.74, 6) is 0.149. The highest BCUT2D eigenvalue weighted by atomic mass is 35.5. The van der Waals surface area contributed by atoms with Crippen LogP contribution >= 0.6 is 23.1 Å². The van der Waals surface area contributed by atoms with E-state index in [-0.39, 0.29) is 5.91 Å². The maximum absolute atomic E-state index is 12.3. The Kier molecular flexibility index (Phi) is 5.37. The first-order chi connectivity index (χ1) is 14.0. The van der Waals surface area contributed by atoms with Crippen molar-refractivity contribution in [3.05, 3.63) is 70.4 Å². The number of carbonyl (C=O) groups excluding carboxylic acids is 1. The SMILES string of the molecule is CCc1ccc(-n2nnc(-c3nsc(NC(=O)c4ccc(Cl)cc4)n3)c2C)cc1. The molecule has 1 amide bonds.